The second kappa shape index (κ2) is 10.7. The summed E-state index contributed by atoms with van der Waals surface area (Å²) in [7, 11) is 0. The lowest BCUT2D eigenvalue weighted by molar-refractivity contribution is -0.116. The molecule has 5 rings (SSSR count). The maximum Gasteiger partial charge on any atom is 0.226 e. The number of pyridine rings is 1. The maximum atomic E-state index is 13.0. The Morgan fingerprint density at radius 3 is 2.56 bits per heavy atom. The lowest BCUT2D eigenvalue weighted by Gasteiger charge is -2.29. The molecule has 1 fully saturated rings. The minimum Gasteiger partial charge on any atom is -0.352 e. The van der Waals surface area contributed by atoms with E-state index in [1.54, 1.807) is 6.20 Å². The van der Waals surface area contributed by atoms with Crippen molar-refractivity contribution in [3.05, 3.63) is 114 Å². The molecule has 182 valence electrons. The lowest BCUT2D eigenvalue weighted by atomic mass is 10.0. The van der Waals surface area contributed by atoms with E-state index in [9.17, 15) is 4.79 Å². The number of para-hydroxylation sites is 2. The lowest BCUT2D eigenvalue weighted by Crippen LogP contribution is -2.33. The Morgan fingerprint density at radius 2 is 1.78 bits per heavy atom. The van der Waals surface area contributed by atoms with E-state index in [2.05, 4.69) is 56.4 Å². The summed E-state index contributed by atoms with van der Waals surface area (Å²) < 4.78 is 2.18. The number of nitrogens with zero attached hydrogens (tertiary/aromatic N) is 3. The van der Waals surface area contributed by atoms with E-state index in [4.69, 9.17) is 12.2 Å². The van der Waals surface area contributed by atoms with Gasteiger partial charge >= 0.3 is 0 Å². The minimum atomic E-state index is -0.139. The molecule has 2 aromatic heterocycles. The molecule has 0 saturated carbocycles. The molecule has 1 aliphatic heterocycles. The molecule has 2 unspecified atom stereocenters. The third-order valence-corrected chi connectivity index (χ3v) is 6.92. The summed E-state index contributed by atoms with van der Waals surface area (Å²) in [5.41, 5.74) is 5.06. The molecule has 1 aliphatic rings. The first kappa shape index (κ1) is 23.8. The summed E-state index contributed by atoms with van der Waals surface area (Å²) >= 11 is 5.80. The van der Waals surface area contributed by atoms with Gasteiger partial charge in [0.15, 0.2) is 5.11 Å². The predicted octanol–water partition coefficient (Wildman–Crippen LogP) is 5.44. The monoisotopic (exact) mass is 495 g/mol. The van der Waals surface area contributed by atoms with Gasteiger partial charge < -0.3 is 20.1 Å². The topological polar surface area (TPSA) is 62.2 Å². The summed E-state index contributed by atoms with van der Waals surface area (Å²) in [6.07, 6.45) is 5.04. The second-order valence-electron chi connectivity index (χ2n) is 8.77. The zero-order chi connectivity index (χ0) is 24.9. The molecule has 3 heterocycles. The third kappa shape index (κ3) is 4.88. The number of thiocarbonyl (C=S) groups is 1. The van der Waals surface area contributed by atoms with Crippen LogP contribution >= 0.6 is 12.2 Å². The Balaban J connectivity index is 1.43. The Hall–Kier alpha value is -3.97. The van der Waals surface area contributed by atoms with Gasteiger partial charge in [0.1, 0.15) is 0 Å². The van der Waals surface area contributed by atoms with Gasteiger partial charge in [-0.3, -0.25) is 9.78 Å². The van der Waals surface area contributed by atoms with Crippen LogP contribution in [0.3, 0.4) is 0 Å². The molecule has 6 nitrogen and oxygen atoms in total. The van der Waals surface area contributed by atoms with Crippen LogP contribution in [0.15, 0.2) is 97.3 Å². The van der Waals surface area contributed by atoms with Crippen molar-refractivity contribution in [3.63, 3.8) is 0 Å². The first-order valence-corrected chi connectivity index (χ1v) is 12.6. The molecule has 2 atom stereocenters. The molecule has 2 N–H and O–H groups in total. The van der Waals surface area contributed by atoms with Crippen molar-refractivity contribution in [2.75, 3.05) is 11.9 Å². The van der Waals surface area contributed by atoms with Gasteiger partial charge in [-0.05, 0) is 66.7 Å². The highest BCUT2D eigenvalue weighted by Crippen LogP contribution is 2.39. The van der Waals surface area contributed by atoms with Gasteiger partial charge in [-0.1, -0.05) is 49.4 Å². The fourth-order valence-electron chi connectivity index (χ4n) is 4.81. The number of hydrogen-bond donors (Lipinski definition) is 2. The van der Waals surface area contributed by atoms with Crippen molar-refractivity contribution >= 4 is 28.9 Å². The van der Waals surface area contributed by atoms with Crippen LogP contribution in [0, 0.1) is 0 Å². The normalized spacial score (nSPS) is 17.1. The van der Waals surface area contributed by atoms with Crippen LogP contribution < -0.4 is 10.6 Å². The van der Waals surface area contributed by atoms with Crippen LogP contribution in [0.4, 0.5) is 5.69 Å². The van der Waals surface area contributed by atoms with Crippen LogP contribution in [0.25, 0.3) is 5.69 Å². The van der Waals surface area contributed by atoms with Gasteiger partial charge in [-0.15, -0.1) is 0 Å². The van der Waals surface area contributed by atoms with E-state index >= 15 is 0 Å². The number of hydrogen-bond acceptors (Lipinski definition) is 3. The zero-order valence-corrected chi connectivity index (χ0v) is 21.0. The van der Waals surface area contributed by atoms with Crippen LogP contribution in [0.5, 0.6) is 0 Å². The highest BCUT2D eigenvalue weighted by atomic mass is 32.1. The average Bonchev–Trinajstić information content (AvgIpc) is 3.53. The van der Waals surface area contributed by atoms with Crippen LogP contribution in [-0.4, -0.2) is 32.0 Å². The van der Waals surface area contributed by atoms with Gasteiger partial charge in [0.25, 0.3) is 0 Å². The summed E-state index contributed by atoms with van der Waals surface area (Å²) in [4.78, 5) is 19.7. The molecule has 36 heavy (non-hydrogen) atoms. The summed E-state index contributed by atoms with van der Waals surface area (Å²) in [6, 6.07) is 28.0. The van der Waals surface area contributed by atoms with Gasteiger partial charge in [-0.2, -0.15) is 0 Å². The number of rotatable bonds is 8. The summed E-state index contributed by atoms with van der Waals surface area (Å²) in [5.74, 6) is -0.0304. The number of amides is 1. The standard InChI is InChI=1S/C29H29N5OS/c1-2-21-11-6-7-14-23(21)31-26(35)17-20-34-28(27(32-29(34)36)24-15-8-9-18-30-24)25-16-10-19-33(25)22-12-4-3-5-13-22/h3-16,18-19,27-28H,2,17,20H2,1H3,(H,31,35)(H,32,36). The second-order valence-corrected chi connectivity index (χ2v) is 9.15. The van der Waals surface area contributed by atoms with E-state index in [0.29, 0.717) is 18.1 Å². The van der Waals surface area contributed by atoms with E-state index < -0.39 is 0 Å². The number of nitrogens with one attached hydrogen (secondary N) is 2. The first-order valence-electron chi connectivity index (χ1n) is 12.2. The number of carbonyl (C=O) groups excluding carboxylic acids is 1. The van der Waals surface area contributed by atoms with Crippen molar-refractivity contribution < 1.29 is 4.79 Å². The fourth-order valence-corrected chi connectivity index (χ4v) is 5.14. The quantitative estimate of drug-likeness (QED) is 0.319. The first-order chi connectivity index (χ1) is 17.7. The fraction of sp³-hybridized carbons (Fsp3) is 0.207. The van der Waals surface area contributed by atoms with Crippen molar-refractivity contribution in [1.29, 1.82) is 0 Å². The molecule has 1 amide bonds. The molecular formula is C29H29N5OS. The number of anilines is 1. The highest BCUT2D eigenvalue weighted by Gasteiger charge is 2.41. The van der Waals surface area contributed by atoms with E-state index in [1.807, 2.05) is 66.7 Å². The van der Waals surface area contributed by atoms with E-state index in [1.165, 1.54) is 0 Å². The molecule has 0 spiro atoms. The minimum absolute atomic E-state index is 0.0304. The molecule has 0 bridgehead atoms. The molecule has 0 radical (unpaired) electrons. The van der Waals surface area contributed by atoms with Crippen LogP contribution in [0.2, 0.25) is 0 Å². The number of aromatic nitrogens is 2. The molecule has 4 aromatic rings. The number of carbonyl (C=O) groups is 1. The van der Waals surface area contributed by atoms with Crippen LogP contribution in [0.1, 0.15) is 42.4 Å². The number of benzene rings is 2. The van der Waals surface area contributed by atoms with Gasteiger partial charge in [0, 0.05) is 42.4 Å². The highest BCUT2D eigenvalue weighted by molar-refractivity contribution is 7.80. The predicted molar refractivity (Wildman–Crippen MR) is 147 cm³/mol. The molecule has 7 heteroatoms. The van der Waals surface area contributed by atoms with Gasteiger partial charge in [-0.25, -0.2) is 0 Å². The van der Waals surface area contributed by atoms with Gasteiger partial charge in [0.05, 0.1) is 17.8 Å². The Labute approximate surface area is 217 Å². The Bertz CT molecular complexity index is 1340. The molecule has 0 aliphatic carbocycles. The van der Waals surface area contributed by atoms with Crippen LogP contribution in [-0.2, 0) is 11.2 Å². The van der Waals surface area contributed by atoms with Crippen molar-refractivity contribution in [2.24, 2.45) is 0 Å². The maximum absolute atomic E-state index is 13.0. The largest absolute Gasteiger partial charge is 0.352 e. The SMILES string of the molecule is CCc1ccccc1NC(=O)CCN1C(=S)NC(c2ccccn2)C1c1cccn1-c1ccccc1. The number of aryl methyl sites for hydroxylation is 1. The van der Waals surface area contributed by atoms with Gasteiger partial charge in [0.2, 0.25) is 5.91 Å². The Morgan fingerprint density at radius 1 is 1.00 bits per heavy atom. The molecule has 1 saturated heterocycles. The van der Waals surface area contributed by atoms with E-state index in [-0.39, 0.29) is 18.0 Å². The smallest absolute Gasteiger partial charge is 0.226 e. The van der Waals surface area contributed by atoms with E-state index in [0.717, 1.165) is 34.7 Å². The van der Waals surface area contributed by atoms with Crippen molar-refractivity contribution in [3.8, 4) is 5.69 Å². The third-order valence-electron chi connectivity index (χ3n) is 6.57. The summed E-state index contributed by atoms with van der Waals surface area (Å²) in [6.45, 7) is 2.57. The Kier molecular flexibility index (Phi) is 7.09. The average molecular weight is 496 g/mol. The zero-order valence-electron chi connectivity index (χ0n) is 20.2. The summed E-state index contributed by atoms with van der Waals surface area (Å²) in [5, 5.41) is 7.19. The van der Waals surface area contributed by atoms with Crippen molar-refractivity contribution in [1.82, 2.24) is 19.8 Å². The molecular weight excluding hydrogens is 466 g/mol. The molecule has 2 aromatic carbocycles. The van der Waals surface area contributed by atoms with Crippen molar-refractivity contribution in [2.45, 2.75) is 31.8 Å².